The Labute approximate surface area is 100 Å². The molecule has 1 aromatic heterocycles. The topological polar surface area (TPSA) is 29.9 Å². The van der Waals surface area contributed by atoms with E-state index >= 15 is 0 Å². The van der Waals surface area contributed by atoms with Gasteiger partial charge in [-0.2, -0.15) is 0 Å². The monoisotopic (exact) mass is 233 g/mol. The molecule has 1 unspecified atom stereocenters. The van der Waals surface area contributed by atoms with Crippen LogP contribution < -0.4 is 5.32 Å². The van der Waals surface area contributed by atoms with Crippen LogP contribution in [0.2, 0.25) is 0 Å². The van der Waals surface area contributed by atoms with Crippen molar-refractivity contribution in [3.8, 4) is 5.69 Å². The fraction of sp³-hybridized carbons (Fsp3) is 0.308. The first-order valence-electron chi connectivity index (χ1n) is 5.73. The van der Waals surface area contributed by atoms with Gasteiger partial charge in [0.2, 0.25) is 0 Å². The van der Waals surface area contributed by atoms with Gasteiger partial charge in [-0.15, -0.1) is 0 Å². The number of imidazole rings is 1. The van der Waals surface area contributed by atoms with Crippen LogP contribution >= 0.6 is 0 Å². The summed E-state index contributed by atoms with van der Waals surface area (Å²) < 4.78 is 15.6. The Kier molecular flexibility index (Phi) is 3.54. The highest BCUT2D eigenvalue weighted by molar-refractivity contribution is 5.37. The fourth-order valence-corrected chi connectivity index (χ4v) is 1.83. The second-order valence-electron chi connectivity index (χ2n) is 3.96. The SMILES string of the molecule is CCNC(C)c1ccc(-n2ccnc2)c(F)c1. The summed E-state index contributed by atoms with van der Waals surface area (Å²) in [5, 5.41) is 3.26. The van der Waals surface area contributed by atoms with E-state index in [1.54, 1.807) is 35.4 Å². The molecule has 2 rings (SSSR count). The Morgan fingerprint density at radius 3 is 2.88 bits per heavy atom. The largest absolute Gasteiger partial charge is 0.310 e. The van der Waals surface area contributed by atoms with Crippen molar-refractivity contribution in [2.45, 2.75) is 19.9 Å². The van der Waals surface area contributed by atoms with Crippen molar-refractivity contribution >= 4 is 0 Å². The molecule has 17 heavy (non-hydrogen) atoms. The smallest absolute Gasteiger partial charge is 0.147 e. The average Bonchev–Trinajstić information content (AvgIpc) is 2.82. The van der Waals surface area contributed by atoms with E-state index in [9.17, 15) is 4.39 Å². The Morgan fingerprint density at radius 2 is 2.29 bits per heavy atom. The average molecular weight is 233 g/mol. The summed E-state index contributed by atoms with van der Waals surface area (Å²) in [5.74, 6) is -0.231. The molecule has 0 bridgehead atoms. The molecule has 90 valence electrons. The van der Waals surface area contributed by atoms with Crippen molar-refractivity contribution < 1.29 is 4.39 Å². The number of aromatic nitrogens is 2. The van der Waals surface area contributed by atoms with Crippen molar-refractivity contribution in [3.63, 3.8) is 0 Å². The predicted octanol–water partition coefficient (Wildman–Crippen LogP) is 2.68. The number of hydrogen-bond donors (Lipinski definition) is 1. The van der Waals surface area contributed by atoms with Crippen LogP contribution in [0, 0.1) is 5.82 Å². The van der Waals surface area contributed by atoms with E-state index in [4.69, 9.17) is 0 Å². The number of hydrogen-bond acceptors (Lipinski definition) is 2. The van der Waals surface area contributed by atoms with Gasteiger partial charge in [0, 0.05) is 18.4 Å². The third kappa shape index (κ3) is 2.53. The first-order chi connectivity index (χ1) is 8.22. The highest BCUT2D eigenvalue weighted by Gasteiger charge is 2.09. The second kappa shape index (κ2) is 5.10. The Morgan fingerprint density at radius 1 is 1.47 bits per heavy atom. The number of nitrogens with zero attached hydrogens (tertiary/aromatic N) is 2. The molecule has 0 aliphatic carbocycles. The fourth-order valence-electron chi connectivity index (χ4n) is 1.83. The molecule has 2 aromatic rings. The van der Waals surface area contributed by atoms with Crippen molar-refractivity contribution in [3.05, 3.63) is 48.3 Å². The minimum Gasteiger partial charge on any atom is -0.310 e. The molecular formula is C13H16FN3. The zero-order valence-corrected chi connectivity index (χ0v) is 10.0. The molecule has 0 saturated heterocycles. The first kappa shape index (κ1) is 11.8. The zero-order chi connectivity index (χ0) is 12.3. The Bertz CT molecular complexity index is 479. The minimum atomic E-state index is -0.231. The van der Waals surface area contributed by atoms with E-state index in [0.717, 1.165) is 12.1 Å². The van der Waals surface area contributed by atoms with Crippen LogP contribution in [0.4, 0.5) is 4.39 Å². The number of rotatable bonds is 4. The Hall–Kier alpha value is -1.68. The lowest BCUT2D eigenvalue weighted by atomic mass is 10.1. The number of nitrogens with one attached hydrogen (secondary N) is 1. The summed E-state index contributed by atoms with van der Waals surface area (Å²) in [5.41, 5.74) is 1.48. The number of benzene rings is 1. The van der Waals surface area contributed by atoms with Crippen molar-refractivity contribution in [2.24, 2.45) is 0 Å². The standard InChI is InChI=1S/C13H16FN3/c1-3-16-10(2)11-4-5-13(12(14)8-11)17-7-6-15-9-17/h4-10,16H,3H2,1-2H3. The van der Waals surface area contributed by atoms with Gasteiger partial charge in [0.15, 0.2) is 0 Å². The van der Waals surface area contributed by atoms with Crippen LogP contribution in [-0.2, 0) is 0 Å². The first-order valence-corrected chi connectivity index (χ1v) is 5.73. The van der Waals surface area contributed by atoms with Gasteiger partial charge in [-0.1, -0.05) is 13.0 Å². The van der Waals surface area contributed by atoms with E-state index in [2.05, 4.69) is 10.3 Å². The van der Waals surface area contributed by atoms with Gasteiger partial charge >= 0.3 is 0 Å². The molecule has 0 radical (unpaired) electrons. The summed E-state index contributed by atoms with van der Waals surface area (Å²) in [6.07, 6.45) is 4.95. The van der Waals surface area contributed by atoms with Crippen LogP contribution in [0.25, 0.3) is 5.69 Å². The lowest BCUT2D eigenvalue weighted by molar-refractivity contribution is 0.580. The molecule has 1 heterocycles. The molecule has 0 amide bonds. The molecule has 3 nitrogen and oxygen atoms in total. The van der Waals surface area contributed by atoms with Crippen molar-refractivity contribution in [2.75, 3.05) is 6.54 Å². The van der Waals surface area contributed by atoms with Crippen molar-refractivity contribution in [1.29, 1.82) is 0 Å². The number of halogens is 1. The molecule has 0 saturated carbocycles. The molecule has 4 heteroatoms. The molecule has 1 aromatic carbocycles. The highest BCUT2D eigenvalue weighted by atomic mass is 19.1. The molecular weight excluding hydrogens is 217 g/mol. The molecule has 0 aliphatic rings. The van der Waals surface area contributed by atoms with Crippen LogP contribution in [0.15, 0.2) is 36.9 Å². The van der Waals surface area contributed by atoms with Crippen LogP contribution in [0.5, 0.6) is 0 Å². The van der Waals surface area contributed by atoms with E-state index < -0.39 is 0 Å². The summed E-state index contributed by atoms with van der Waals surface area (Å²) in [7, 11) is 0. The quantitative estimate of drug-likeness (QED) is 0.880. The maximum absolute atomic E-state index is 13.9. The maximum atomic E-state index is 13.9. The molecule has 0 spiro atoms. The van der Waals surface area contributed by atoms with Gasteiger partial charge in [0.1, 0.15) is 5.82 Å². The minimum absolute atomic E-state index is 0.159. The third-order valence-corrected chi connectivity index (χ3v) is 2.76. The molecule has 1 N–H and O–H groups in total. The van der Waals surface area contributed by atoms with Gasteiger partial charge in [-0.3, -0.25) is 0 Å². The zero-order valence-electron chi connectivity index (χ0n) is 10.0. The second-order valence-corrected chi connectivity index (χ2v) is 3.96. The summed E-state index contributed by atoms with van der Waals surface area (Å²) in [6.45, 7) is 4.92. The Balaban J connectivity index is 2.29. The van der Waals surface area contributed by atoms with Gasteiger partial charge < -0.3 is 9.88 Å². The summed E-state index contributed by atoms with van der Waals surface area (Å²) in [4.78, 5) is 3.91. The highest BCUT2D eigenvalue weighted by Crippen LogP contribution is 2.19. The van der Waals surface area contributed by atoms with Crippen molar-refractivity contribution in [1.82, 2.24) is 14.9 Å². The summed E-state index contributed by atoms with van der Waals surface area (Å²) in [6, 6.07) is 5.44. The normalized spacial score (nSPS) is 12.6. The molecule has 1 atom stereocenters. The van der Waals surface area contributed by atoms with E-state index in [1.807, 2.05) is 19.9 Å². The van der Waals surface area contributed by atoms with E-state index in [1.165, 1.54) is 0 Å². The van der Waals surface area contributed by atoms with Crippen LogP contribution in [0.1, 0.15) is 25.5 Å². The van der Waals surface area contributed by atoms with E-state index in [-0.39, 0.29) is 11.9 Å². The van der Waals surface area contributed by atoms with Gasteiger partial charge in [0.05, 0.1) is 12.0 Å². The van der Waals surface area contributed by atoms with Crippen LogP contribution in [-0.4, -0.2) is 16.1 Å². The lowest BCUT2D eigenvalue weighted by Gasteiger charge is -2.14. The van der Waals surface area contributed by atoms with Gasteiger partial charge in [-0.05, 0) is 31.2 Å². The van der Waals surface area contributed by atoms with Crippen LogP contribution in [0.3, 0.4) is 0 Å². The predicted molar refractivity (Wildman–Crippen MR) is 65.6 cm³/mol. The third-order valence-electron chi connectivity index (χ3n) is 2.76. The molecule has 0 aliphatic heterocycles. The lowest BCUT2D eigenvalue weighted by Crippen LogP contribution is -2.17. The molecule has 0 fully saturated rings. The summed E-state index contributed by atoms with van der Waals surface area (Å²) >= 11 is 0. The van der Waals surface area contributed by atoms with Gasteiger partial charge in [-0.25, -0.2) is 9.37 Å². The maximum Gasteiger partial charge on any atom is 0.147 e. The van der Waals surface area contributed by atoms with Gasteiger partial charge in [0.25, 0.3) is 0 Å². The van der Waals surface area contributed by atoms with E-state index in [0.29, 0.717) is 5.69 Å².